The zero-order chi connectivity index (χ0) is 10.8. The van der Waals surface area contributed by atoms with Crippen LogP contribution in [0.15, 0.2) is 0 Å². The summed E-state index contributed by atoms with van der Waals surface area (Å²) < 4.78 is 0. The second kappa shape index (κ2) is 9.32. The second-order valence-electron chi connectivity index (χ2n) is 3.53. The van der Waals surface area contributed by atoms with Gasteiger partial charge in [-0.2, -0.15) is 0 Å². The lowest BCUT2D eigenvalue weighted by atomic mass is 10.2. The maximum atomic E-state index is 11.7. The molecule has 0 rings (SSSR count). The van der Waals surface area contributed by atoms with Gasteiger partial charge in [-0.05, 0) is 12.8 Å². The monoisotopic (exact) mass is 219 g/mol. The molecule has 1 amide bonds. The third kappa shape index (κ3) is 6.25. The van der Waals surface area contributed by atoms with E-state index in [0.717, 1.165) is 32.2 Å². The molecule has 0 aromatic rings. The number of carbonyl (C=O) groups is 1. The van der Waals surface area contributed by atoms with Gasteiger partial charge in [0.05, 0.1) is 0 Å². The molecule has 0 bridgehead atoms. The molecule has 3 heteroatoms. The standard InChI is InChI=1S/C11H22ClNO/c1-3-5-6-7-11(14)13(9-4-2)10-8-12/h3-10H2,1-2H3. The first-order valence-corrected chi connectivity index (χ1v) is 6.13. The van der Waals surface area contributed by atoms with Gasteiger partial charge in [0.2, 0.25) is 5.91 Å². The van der Waals surface area contributed by atoms with Crippen LogP contribution in [0, 0.1) is 0 Å². The average Bonchev–Trinajstić information content (AvgIpc) is 2.18. The van der Waals surface area contributed by atoms with Crippen molar-refractivity contribution in [3.63, 3.8) is 0 Å². The van der Waals surface area contributed by atoms with Gasteiger partial charge in [0, 0.05) is 25.4 Å². The number of unbranched alkanes of at least 4 members (excludes halogenated alkanes) is 2. The van der Waals surface area contributed by atoms with Crippen LogP contribution in [0.25, 0.3) is 0 Å². The van der Waals surface area contributed by atoms with E-state index in [1.54, 1.807) is 0 Å². The fraction of sp³-hybridized carbons (Fsp3) is 0.909. The van der Waals surface area contributed by atoms with Crippen molar-refractivity contribution in [2.75, 3.05) is 19.0 Å². The lowest BCUT2D eigenvalue weighted by Gasteiger charge is -2.20. The molecule has 2 nitrogen and oxygen atoms in total. The van der Waals surface area contributed by atoms with Crippen molar-refractivity contribution in [3.8, 4) is 0 Å². The summed E-state index contributed by atoms with van der Waals surface area (Å²) >= 11 is 5.64. The van der Waals surface area contributed by atoms with Crippen molar-refractivity contribution >= 4 is 17.5 Å². The molecule has 0 aliphatic heterocycles. The van der Waals surface area contributed by atoms with Crippen molar-refractivity contribution in [3.05, 3.63) is 0 Å². The normalized spacial score (nSPS) is 10.2. The molecule has 0 atom stereocenters. The minimum atomic E-state index is 0.265. The fourth-order valence-electron chi connectivity index (χ4n) is 1.42. The molecule has 0 saturated carbocycles. The smallest absolute Gasteiger partial charge is 0.222 e. The minimum Gasteiger partial charge on any atom is -0.342 e. The van der Waals surface area contributed by atoms with Gasteiger partial charge in [-0.15, -0.1) is 11.6 Å². The molecule has 0 aliphatic carbocycles. The topological polar surface area (TPSA) is 20.3 Å². The Morgan fingerprint density at radius 1 is 1.14 bits per heavy atom. The molecule has 14 heavy (non-hydrogen) atoms. The fourth-order valence-corrected chi connectivity index (χ4v) is 1.62. The summed E-state index contributed by atoms with van der Waals surface area (Å²) in [5.74, 6) is 0.806. The molecule has 0 radical (unpaired) electrons. The van der Waals surface area contributed by atoms with Crippen LogP contribution in [0.4, 0.5) is 0 Å². The van der Waals surface area contributed by atoms with Crippen LogP contribution >= 0.6 is 11.6 Å². The van der Waals surface area contributed by atoms with Gasteiger partial charge in [-0.3, -0.25) is 4.79 Å². The largest absolute Gasteiger partial charge is 0.342 e. The minimum absolute atomic E-state index is 0.265. The van der Waals surface area contributed by atoms with Crippen LogP contribution in [0.5, 0.6) is 0 Å². The molecule has 0 unspecified atom stereocenters. The first-order valence-electron chi connectivity index (χ1n) is 5.60. The predicted octanol–water partition coefficient (Wildman–Crippen LogP) is 3.04. The van der Waals surface area contributed by atoms with Crippen LogP contribution in [0.1, 0.15) is 46.0 Å². The molecule has 0 aromatic heterocycles. The summed E-state index contributed by atoms with van der Waals surface area (Å²) in [5.41, 5.74) is 0. The quantitative estimate of drug-likeness (QED) is 0.454. The molecule has 0 aromatic carbocycles. The Bertz CT molecular complexity index is 144. The van der Waals surface area contributed by atoms with E-state index in [9.17, 15) is 4.79 Å². The lowest BCUT2D eigenvalue weighted by molar-refractivity contribution is -0.131. The lowest BCUT2D eigenvalue weighted by Crippen LogP contribution is -2.33. The number of rotatable bonds is 8. The molecule has 0 fully saturated rings. The Balaban J connectivity index is 3.76. The molecular formula is C11H22ClNO. The maximum absolute atomic E-state index is 11.7. The Labute approximate surface area is 92.6 Å². The third-order valence-electron chi connectivity index (χ3n) is 2.19. The number of hydrogen-bond donors (Lipinski definition) is 0. The highest BCUT2D eigenvalue weighted by molar-refractivity contribution is 6.18. The second-order valence-corrected chi connectivity index (χ2v) is 3.90. The SMILES string of the molecule is CCCCCC(=O)N(CCC)CCCl. The van der Waals surface area contributed by atoms with Crippen LogP contribution in [-0.4, -0.2) is 29.8 Å². The van der Waals surface area contributed by atoms with E-state index in [-0.39, 0.29) is 5.91 Å². The first-order chi connectivity index (χ1) is 6.76. The van der Waals surface area contributed by atoms with Gasteiger partial charge in [0.25, 0.3) is 0 Å². The highest BCUT2D eigenvalue weighted by Gasteiger charge is 2.10. The predicted molar refractivity (Wildman–Crippen MR) is 61.7 cm³/mol. The molecule has 0 N–H and O–H groups in total. The van der Waals surface area contributed by atoms with Crippen molar-refractivity contribution in [2.45, 2.75) is 46.0 Å². The van der Waals surface area contributed by atoms with E-state index >= 15 is 0 Å². The summed E-state index contributed by atoms with van der Waals surface area (Å²) in [7, 11) is 0. The summed E-state index contributed by atoms with van der Waals surface area (Å²) in [5, 5.41) is 0. The number of carbonyl (C=O) groups excluding carboxylic acids is 1. The van der Waals surface area contributed by atoms with E-state index in [0.29, 0.717) is 18.8 Å². The average molecular weight is 220 g/mol. The van der Waals surface area contributed by atoms with E-state index in [1.165, 1.54) is 0 Å². The van der Waals surface area contributed by atoms with Gasteiger partial charge in [0.15, 0.2) is 0 Å². The van der Waals surface area contributed by atoms with Crippen molar-refractivity contribution in [2.24, 2.45) is 0 Å². The Kier molecular flexibility index (Phi) is 9.16. The van der Waals surface area contributed by atoms with Gasteiger partial charge >= 0.3 is 0 Å². The highest BCUT2D eigenvalue weighted by atomic mass is 35.5. The first kappa shape index (κ1) is 13.8. The zero-order valence-electron chi connectivity index (χ0n) is 9.39. The number of alkyl halides is 1. The van der Waals surface area contributed by atoms with Crippen molar-refractivity contribution in [1.29, 1.82) is 0 Å². The molecule has 0 saturated heterocycles. The summed E-state index contributed by atoms with van der Waals surface area (Å²) in [6.07, 6.45) is 5.02. The van der Waals surface area contributed by atoms with Crippen molar-refractivity contribution < 1.29 is 4.79 Å². The highest BCUT2D eigenvalue weighted by Crippen LogP contribution is 2.04. The van der Waals surface area contributed by atoms with Crippen LogP contribution in [0.2, 0.25) is 0 Å². The van der Waals surface area contributed by atoms with Gasteiger partial charge in [-0.25, -0.2) is 0 Å². The Morgan fingerprint density at radius 3 is 2.36 bits per heavy atom. The van der Waals surface area contributed by atoms with E-state index in [1.807, 2.05) is 4.90 Å². The summed E-state index contributed by atoms with van der Waals surface area (Å²) in [6, 6.07) is 0. The molecule has 0 spiro atoms. The van der Waals surface area contributed by atoms with Crippen LogP contribution in [-0.2, 0) is 4.79 Å². The van der Waals surface area contributed by atoms with E-state index in [2.05, 4.69) is 13.8 Å². The van der Waals surface area contributed by atoms with Crippen molar-refractivity contribution in [1.82, 2.24) is 4.90 Å². The Morgan fingerprint density at radius 2 is 1.86 bits per heavy atom. The third-order valence-corrected chi connectivity index (χ3v) is 2.36. The summed E-state index contributed by atoms with van der Waals surface area (Å²) in [6.45, 7) is 5.77. The van der Waals surface area contributed by atoms with Crippen LogP contribution in [0.3, 0.4) is 0 Å². The number of hydrogen-bond acceptors (Lipinski definition) is 1. The molecule has 0 heterocycles. The number of nitrogens with zero attached hydrogens (tertiary/aromatic N) is 1. The van der Waals surface area contributed by atoms with E-state index in [4.69, 9.17) is 11.6 Å². The zero-order valence-corrected chi connectivity index (χ0v) is 10.1. The summed E-state index contributed by atoms with van der Waals surface area (Å²) in [4.78, 5) is 13.5. The molecule has 0 aliphatic rings. The Hall–Kier alpha value is -0.240. The molecule has 84 valence electrons. The maximum Gasteiger partial charge on any atom is 0.222 e. The van der Waals surface area contributed by atoms with Gasteiger partial charge < -0.3 is 4.90 Å². The van der Waals surface area contributed by atoms with Crippen LogP contribution < -0.4 is 0 Å². The van der Waals surface area contributed by atoms with Gasteiger partial charge in [-0.1, -0.05) is 26.7 Å². The number of halogens is 1. The van der Waals surface area contributed by atoms with E-state index < -0.39 is 0 Å². The number of amides is 1. The molecular weight excluding hydrogens is 198 g/mol. The van der Waals surface area contributed by atoms with Gasteiger partial charge in [0.1, 0.15) is 0 Å².